The molecule has 15 heavy (non-hydrogen) atoms. The SMILES string of the molecule is Nc1ccco1.c1ncc2[nH]cnc2n1. The largest absolute Gasteiger partial charge is 0.449 e. The Morgan fingerprint density at radius 3 is 2.87 bits per heavy atom. The molecule has 0 radical (unpaired) electrons. The molecule has 0 fully saturated rings. The Balaban J connectivity index is 0.000000124. The number of aromatic nitrogens is 4. The maximum Gasteiger partial charge on any atom is 0.190 e. The summed E-state index contributed by atoms with van der Waals surface area (Å²) in [5, 5.41) is 0. The van der Waals surface area contributed by atoms with E-state index in [1.807, 2.05) is 0 Å². The second-order valence-electron chi connectivity index (χ2n) is 2.68. The number of fused-ring (bicyclic) bond motifs is 1. The topological polar surface area (TPSA) is 93.6 Å². The predicted molar refractivity (Wildman–Crippen MR) is 54.8 cm³/mol. The third-order valence-electron chi connectivity index (χ3n) is 1.64. The van der Waals surface area contributed by atoms with E-state index in [9.17, 15) is 0 Å². The van der Waals surface area contributed by atoms with Crippen LogP contribution in [0, 0.1) is 0 Å². The van der Waals surface area contributed by atoms with Gasteiger partial charge in [0.2, 0.25) is 0 Å². The van der Waals surface area contributed by atoms with Crippen molar-refractivity contribution in [2.75, 3.05) is 5.73 Å². The lowest BCUT2D eigenvalue weighted by Crippen LogP contribution is -1.76. The number of aromatic amines is 1. The van der Waals surface area contributed by atoms with E-state index in [0.29, 0.717) is 11.5 Å². The molecule has 3 aromatic heterocycles. The third-order valence-corrected chi connectivity index (χ3v) is 1.64. The molecular formula is C9H9N5O. The standard InChI is InChI=1S/C5H4N4.C4H5NO/c1-4-5(8-2-6-1)9-3-7-4;5-4-2-1-3-6-4/h1-3H,(H,6,7,8,9);1-3H,5H2. The van der Waals surface area contributed by atoms with E-state index in [-0.39, 0.29) is 0 Å². The van der Waals surface area contributed by atoms with Crippen molar-refractivity contribution < 1.29 is 4.42 Å². The van der Waals surface area contributed by atoms with Crippen LogP contribution in [0.2, 0.25) is 0 Å². The zero-order valence-corrected chi connectivity index (χ0v) is 7.79. The second kappa shape index (κ2) is 4.23. The highest BCUT2D eigenvalue weighted by molar-refractivity contribution is 5.67. The quantitative estimate of drug-likeness (QED) is 0.572. The lowest BCUT2D eigenvalue weighted by atomic mass is 10.6. The molecule has 0 saturated heterocycles. The van der Waals surface area contributed by atoms with Gasteiger partial charge in [-0.25, -0.2) is 15.0 Å². The fraction of sp³-hybridized carbons (Fsp3) is 0. The lowest BCUT2D eigenvalue weighted by molar-refractivity contribution is 0.588. The van der Waals surface area contributed by atoms with Crippen molar-refractivity contribution in [1.82, 2.24) is 19.9 Å². The predicted octanol–water partition coefficient (Wildman–Crippen LogP) is 1.21. The fourth-order valence-corrected chi connectivity index (χ4v) is 0.982. The summed E-state index contributed by atoms with van der Waals surface area (Å²) in [6.07, 6.45) is 6.30. The Hall–Kier alpha value is -2.37. The number of hydrogen-bond acceptors (Lipinski definition) is 5. The summed E-state index contributed by atoms with van der Waals surface area (Å²) in [4.78, 5) is 14.5. The molecule has 3 aromatic rings. The number of H-pyrrole nitrogens is 1. The Labute approximate surface area is 85.2 Å². The van der Waals surface area contributed by atoms with Crippen LogP contribution in [0.1, 0.15) is 0 Å². The summed E-state index contributed by atoms with van der Waals surface area (Å²) in [6.45, 7) is 0. The summed E-state index contributed by atoms with van der Waals surface area (Å²) >= 11 is 0. The minimum Gasteiger partial charge on any atom is -0.449 e. The van der Waals surface area contributed by atoms with Crippen LogP contribution in [0.15, 0.2) is 41.7 Å². The van der Waals surface area contributed by atoms with Crippen LogP contribution in [0.25, 0.3) is 11.2 Å². The molecule has 0 unspecified atom stereocenters. The highest BCUT2D eigenvalue weighted by atomic mass is 16.3. The first kappa shape index (κ1) is 9.20. The number of furan rings is 1. The van der Waals surface area contributed by atoms with E-state index < -0.39 is 0 Å². The van der Waals surface area contributed by atoms with Gasteiger partial charge in [-0.1, -0.05) is 0 Å². The number of hydrogen-bond donors (Lipinski definition) is 2. The van der Waals surface area contributed by atoms with Crippen molar-refractivity contribution in [1.29, 1.82) is 0 Å². The molecule has 3 heterocycles. The van der Waals surface area contributed by atoms with Crippen LogP contribution in [0.5, 0.6) is 0 Å². The Morgan fingerprint density at radius 1 is 1.33 bits per heavy atom. The molecule has 0 bridgehead atoms. The Morgan fingerprint density at radius 2 is 2.27 bits per heavy atom. The third kappa shape index (κ3) is 2.31. The number of rotatable bonds is 0. The van der Waals surface area contributed by atoms with Crippen molar-refractivity contribution in [3.05, 3.63) is 37.2 Å². The van der Waals surface area contributed by atoms with E-state index in [4.69, 9.17) is 5.73 Å². The molecule has 3 N–H and O–H groups in total. The second-order valence-corrected chi connectivity index (χ2v) is 2.68. The van der Waals surface area contributed by atoms with Crippen molar-refractivity contribution in [2.45, 2.75) is 0 Å². The van der Waals surface area contributed by atoms with Crippen molar-refractivity contribution in [2.24, 2.45) is 0 Å². The van der Waals surface area contributed by atoms with Gasteiger partial charge in [-0.05, 0) is 6.07 Å². The highest BCUT2D eigenvalue weighted by Gasteiger charge is 1.91. The van der Waals surface area contributed by atoms with Gasteiger partial charge in [0.05, 0.1) is 18.8 Å². The molecule has 6 heteroatoms. The number of nitrogens with zero attached hydrogens (tertiary/aromatic N) is 3. The molecule has 0 aliphatic rings. The van der Waals surface area contributed by atoms with Crippen LogP contribution >= 0.6 is 0 Å². The minimum absolute atomic E-state index is 0.468. The number of anilines is 1. The van der Waals surface area contributed by atoms with Gasteiger partial charge in [0.1, 0.15) is 11.8 Å². The average Bonchev–Trinajstić information content (AvgIpc) is 2.88. The van der Waals surface area contributed by atoms with Crippen LogP contribution < -0.4 is 5.73 Å². The van der Waals surface area contributed by atoms with Crippen LogP contribution in [0.4, 0.5) is 5.88 Å². The summed E-state index contributed by atoms with van der Waals surface area (Å²) in [7, 11) is 0. The van der Waals surface area contributed by atoms with E-state index in [0.717, 1.165) is 5.52 Å². The molecule has 0 spiro atoms. The maximum atomic E-state index is 5.11. The van der Waals surface area contributed by atoms with E-state index in [1.54, 1.807) is 24.7 Å². The van der Waals surface area contributed by atoms with E-state index in [1.165, 1.54) is 12.6 Å². The molecule has 0 amide bonds. The van der Waals surface area contributed by atoms with Gasteiger partial charge in [0, 0.05) is 6.07 Å². The molecule has 3 rings (SSSR count). The summed E-state index contributed by atoms with van der Waals surface area (Å²) in [5.41, 5.74) is 6.70. The maximum absolute atomic E-state index is 5.11. The first-order chi connectivity index (χ1) is 7.36. The first-order valence-electron chi connectivity index (χ1n) is 4.24. The monoisotopic (exact) mass is 203 g/mol. The van der Waals surface area contributed by atoms with Gasteiger partial charge in [0.25, 0.3) is 0 Å². The Kier molecular flexibility index (Phi) is 2.59. The van der Waals surface area contributed by atoms with Gasteiger partial charge < -0.3 is 15.1 Å². The van der Waals surface area contributed by atoms with Crippen molar-refractivity contribution in [3.8, 4) is 0 Å². The molecule has 76 valence electrons. The average molecular weight is 203 g/mol. The highest BCUT2D eigenvalue weighted by Crippen LogP contribution is 1.99. The lowest BCUT2D eigenvalue weighted by Gasteiger charge is -1.80. The van der Waals surface area contributed by atoms with Crippen molar-refractivity contribution >= 4 is 17.0 Å². The fourth-order valence-electron chi connectivity index (χ4n) is 0.982. The normalized spacial score (nSPS) is 9.60. The first-order valence-corrected chi connectivity index (χ1v) is 4.24. The Bertz CT molecular complexity index is 486. The molecule has 0 atom stereocenters. The summed E-state index contributed by atoms with van der Waals surface area (Å²) in [6, 6.07) is 3.44. The molecule has 0 aliphatic carbocycles. The molecule has 0 saturated carbocycles. The van der Waals surface area contributed by atoms with Gasteiger partial charge >= 0.3 is 0 Å². The van der Waals surface area contributed by atoms with Gasteiger partial charge in [0.15, 0.2) is 11.5 Å². The number of nitrogens with two attached hydrogens (primary N) is 1. The molecule has 0 aliphatic heterocycles. The smallest absolute Gasteiger partial charge is 0.190 e. The zero-order valence-electron chi connectivity index (χ0n) is 7.79. The summed E-state index contributed by atoms with van der Waals surface area (Å²) in [5.74, 6) is 0.468. The van der Waals surface area contributed by atoms with Crippen molar-refractivity contribution in [3.63, 3.8) is 0 Å². The van der Waals surface area contributed by atoms with Gasteiger partial charge in [-0.2, -0.15) is 0 Å². The molecular weight excluding hydrogens is 194 g/mol. The molecule has 0 aromatic carbocycles. The van der Waals surface area contributed by atoms with E-state index >= 15 is 0 Å². The number of imidazole rings is 1. The number of nitrogens with one attached hydrogen (secondary N) is 1. The van der Waals surface area contributed by atoms with Gasteiger partial charge in [-0.15, -0.1) is 0 Å². The number of nitrogen functional groups attached to an aromatic ring is 1. The van der Waals surface area contributed by atoms with Crippen LogP contribution in [-0.2, 0) is 0 Å². The van der Waals surface area contributed by atoms with E-state index in [2.05, 4.69) is 24.4 Å². The van der Waals surface area contributed by atoms with Crippen LogP contribution in [0.3, 0.4) is 0 Å². The zero-order chi connectivity index (χ0) is 10.5. The minimum atomic E-state index is 0.468. The van der Waals surface area contributed by atoms with Gasteiger partial charge in [-0.3, -0.25) is 0 Å². The van der Waals surface area contributed by atoms with Crippen LogP contribution in [-0.4, -0.2) is 19.9 Å². The molecule has 6 nitrogen and oxygen atoms in total. The summed E-state index contributed by atoms with van der Waals surface area (Å²) < 4.78 is 4.61.